The molecule has 0 spiro atoms. The van der Waals surface area contributed by atoms with Crippen molar-refractivity contribution in [2.75, 3.05) is 0 Å². The number of carbonyl (C=O) groups excluding carboxylic acids is 1. The lowest BCUT2D eigenvalue weighted by Crippen LogP contribution is -2.24. The standard InChI is InChI=1S/C11H10ClNO2/c1-7(14)15-5-9-8-2-3-10(9)11(12,4-8)6-13/h2-3,5,8,10H,4H2,1H3. The maximum Gasteiger partial charge on any atom is 0.307 e. The van der Waals surface area contributed by atoms with Crippen LogP contribution in [-0.4, -0.2) is 10.8 Å². The van der Waals surface area contributed by atoms with Crippen LogP contribution < -0.4 is 0 Å². The Kier molecular flexibility index (Phi) is 2.32. The second-order valence-corrected chi connectivity index (χ2v) is 4.55. The smallest absolute Gasteiger partial charge is 0.307 e. The highest BCUT2D eigenvalue weighted by atomic mass is 35.5. The average Bonchev–Trinajstić information content (AvgIpc) is 2.69. The van der Waals surface area contributed by atoms with Gasteiger partial charge in [0.05, 0.1) is 12.3 Å². The van der Waals surface area contributed by atoms with Crippen LogP contribution in [0.2, 0.25) is 0 Å². The Labute approximate surface area is 93.0 Å². The quantitative estimate of drug-likeness (QED) is 0.296. The minimum Gasteiger partial charge on any atom is -0.435 e. The van der Waals surface area contributed by atoms with Crippen molar-refractivity contribution in [3.8, 4) is 6.07 Å². The molecular weight excluding hydrogens is 214 g/mol. The minimum absolute atomic E-state index is 0.117. The largest absolute Gasteiger partial charge is 0.435 e. The Morgan fingerprint density at radius 2 is 2.53 bits per heavy atom. The molecule has 0 radical (unpaired) electrons. The molecule has 0 amide bonds. The maximum absolute atomic E-state index is 10.7. The number of ether oxygens (including phenoxy) is 1. The van der Waals surface area contributed by atoms with E-state index >= 15 is 0 Å². The van der Waals surface area contributed by atoms with Crippen molar-refractivity contribution in [1.29, 1.82) is 5.26 Å². The highest BCUT2D eigenvalue weighted by molar-refractivity contribution is 6.27. The van der Waals surface area contributed by atoms with E-state index in [0.717, 1.165) is 5.57 Å². The molecule has 1 fully saturated rings. The van der Waals surface area contributed by atoms with Gasteiger partial charge in [-0.15, -0.1) is 11.6 Å². The molecule has 2 bridgehead atoms. The third-order valence-electron chi connectivity index (χ3n) is 2.88. The molecule has 2 aliphatic rings. The third-order valence-corrected chi connectivity index (χ3v) is 3.35. The molecule has 0 aromatic heterocycles. The molecule has 0 N–H and O–H groups in total. The van der Waals surface area contributed by atoms with E-state index in [1.54, 1.807) is 0 Å². The van der Waals surface area contributed by atoms with Gasteiger partial charge in [0.25, 0.3) is 0 Å². The molecule has 3 atom stereocenters. The Hall–Kier alpha value is -1.27. The van der Waals surface area contributed by atoms with Crippen molar-refractivity contribution in [3.05, 3.63) is 24.0 Å². The summed E-state index contributed by atoms with van der Waals surface area (Å²) >= 11 is 6.17. The van der Waals surface area contributed by atoms with Crippen LogP contribution in [0, 0.1) is 23.2 Å². The molecule has 0 aromatic rings. The molecule has 2 rings (SSSR count). The molecule has 0 aliphatic heterocycles. The molecule has 0 aromatic carbocycles. The van der Waals surface area contributed by atoms with Gasteiger partial charge >= 0.3 is 5.97 Å². The average molecular weight is 224 g/mol. The van der Waals surface area contributed by atoms with Gasteiger partial charge in [-0.1, -0.05) is 12.2 Å². The van der Waals surface area contributed by atoms with Gasteiger partial charge in [0.1, 0.15) is 4.87 Å². The van der Waals surface area contributed by atoms with Crippen molar-refractivity contribution < 1.29 is 9.53 Å². The molecule has 0 saturated heterocycles. The number of halogens is 1. The molecule has 3 nitrogen and oxygen atoms in total. The van der Waals surface area contributed by atoms with Crippen molar-refractivity contribution in [2.45, 2.75) is 18.2 Å². The van der Waals surface area contributed by atoms with E-state index in [2.05, 4.69) is 6.07 Å². The van der Waals surface area contributed by atoms with Crippen LogP contribution in [-0.2, 0) is 9.53 Å². The van der Waals surface area contributed by atoms with Crippen LogP contribution in [0.3, 0.4) is 0 Å². The fourth-order valence-corrected chi connectivity index (χ4v) is 2.54. The lowest BCUT2D eigenvalue weighted by Gasteiger charge is -2.18. The van der Waals surface area contributed by atoms with Gasteiger partial charge in [-0.25, -0.2) is 0 Å². The summed E-state index contributed by atoms with van der Waals surface area (Å²) in [4.78, 5) is 9.82. The highest BCUT2D eigenvalue weighted by Crippen LogP contribution is 2.53. The van der Waals surface area contributed by atoms with Crippen LogP contribution in [0.4, 0.5) is 0 Å². The second-order valence-electron chi connectivity index (χ2n) is 3.87. The number of esters is 1. The normalized spacial score (nSPS) is 39.4. The van der Waals surface area contributed by atoms with Crippen molar-refractivity contribution >= 4 is 17.6 Å². The molecule has 15 heavy (non-hydrogen) atoms. The first kappa shape index (κ1) is 10.3. The van der Waals surface area contributed by atoms with Crippen LogP contribution >= 0.6 is 11.6 Å². The molecule has 2 aliphatic carbocycles. The summed E-state index contributed by atoms with van der Waals surface area (Å²) in [6.45, 7) is 1.35. The fourth-order valence-electron chi connectivity index (χ4n) is 2.17. The highest BCUT2D eigenvalue weighted by Gasteiger charge is 2.51. The zero-order chi connectivity index (χ0) is 11.1. The first-order chi connectivity index (χ1) is 7.07. The van der Waals surface area contributed by atoms with E-state index in [1.807, 2.05) is 12.2 Å². The SMILES string of the molecule is CC(=O)OC=C1C2C=CC1C(Cl)(C#N)C2. The lowest BCUT2D eigenvalue weighted by molar-refractivity contribution is -0.135. The number of fused-ring (bicyclic) bond motifs is 2. The van der Waals surface area contributed by atoms with Crippen LogP contribution in [0.1, 0.15) is 13.3 Å². The van der Waals surface area contributed by atoms with E-state index in [9.17, 15) is 4.79 Å². The van der Waals surface area contributed by atoms with E-state index in [-0.39, 0.29) is 17.8 Å². The molecule has 0 heterocycles. The summed E-state index contributed by atoms with van der Waals surface area (Å²) in [6.07, 6.45) is 5.97. The number of allylic oxidation sites excluding steroid dienone is 3. The van der Waals surface area contributed by atoms with Gasteiger partial charge in [0, 0.05) is 18.8 Å². The number of hydrogen-bond acceptors (Lipinski definition) is 3. The Balaban J connectivity index is 2.24. The second kappa shape index (κ2) is 3.39. The van der Waals surface area contributed by atoms with E-state index in [1.165, 1.54) is 13.2 Å². The predicted molar refractivity (Wildman–Crippen MR) is 54.8 cm³/mol. The summed E-state index contributed by atoms with van der Waals surface area (Å²) in [7, 11) is 0. The topological polar surface area (TPSA) is 50.1 Å². The zero-order valence-electron chi connectivity index (χ0n) is 8.24. The van der Waals surface area contributed by atoms with Gasteiger partial charge in [-0.3, -0.25) is 4.79 Å². The molecule has 3 unspecified atom stereocenters. The molecular formula is C11H10ClNO2. The number of rotatable bonds is 1. The number of nitriles is 1. The van der Waals surface area contributed by atoms with Gasteiger partial charge in [0.15, 0.2) is 0 Å². The van der Waals surface area contributed by atoms with E-state index in [4.69, 9.17) is 21.6 Å². The van der Waals surface area contributed by atoms with Gasteiger partial charge < -0.3 is 4.74 Å². The monoisotopic (exact) mass is 223 g/mol. The molecule has 1 saturated carbocycles. The summed E-state index contributed by atoms with van der Waals surface area (Å²) in [5.41, 5.74) is 0.932. The van der Waals surface area contributed by atoms with Gasteiger partial charge in [0.2, 0.25) is 0 Å². The van der Waals surface area contributed by atoms with Crippen molar-refractivity contribution in [2.24, 2.45) is 11.8 Å². The first-order valence-electron chi connectivity index (χ1n) is 4.72. The Bertz CT molecular complexity index is 407. The number of carbonyl (C=O) groups is 1. The lowest BCUT2D eigenvalue weighted by atomic mass is 9.94. The number of alkyl halides is 1. The first-order valence-corrected chi connectivity index (χ1v) is 5.10. The fraction of sp³-hybridized carbons (Fsp3) is 0.455. The van der Waals surface area contributed by atoms with Crippen LogP contribution in [0.25, 0.3) is 0 Å². The number of hydrogen-bond donors (Lipinski definition) is 0. The van der Waals surface area contributed by atoms with Gasteiger partial charge in [-0.05, 0) is 12.0 Å². The molecule has 4 heteroatoms. The van der Waals surface area contributed by atoms with Crippen molar-refractivity contribution in [3.63, 3.8) is 0 Å². The number of nitrogens with zero attached hydrogens (tertiary/aromatic N) is 1. The molecule has 78 valence electrons. The Morgan fingerprint density at radius 3 is 3.07 bits per heavy atom. The van der Waals surface area contributed by atoms with Crippen LogP contribution in [0.15, 0.2) is 24.0 Å². The van der Waals surface area contributed by atoms with Crippen molar-refractivity contribution in [1.82, 2.24) is 0 Å². The summed E-state index contributed by atoms with van der Waals surface area (Å²) < 4.78 is 4.84. The summed E-state index contributed by atoms with van der Waals surface area (Å²) in [5.74, 6) is -0.328. The summed E-state index contributed by atoms with van der Waals surface area (Å²) in [6, 6.07) is 2.12. The predicted octanol–water partition coefficient (Wildman–Crippen LogP) is 2.14. The zero-order valence-corrected chi connectivity index (χ0v) is 8.99. The maximum atomic E-state index is 10.7. The minimum atomic E-state index is -0.856. The third kappa shape index (κ3) is 1.55. The van der Waals surface area contributed by atoms with E-state index in [0.29, 0.717) is 6.42 Å². The van der Waals surface area contributed by atoms with E-state index < -0.39 is 4.87 Å². The summed E-state index contributed by atoms with van der Waals surface area (Å²) in [5, 5.41) is 8.99. The van der Waals surface area contributed by atoms with Gasteiger partial charge in [-0.2, -0.15) is 5.26 Å². The Morgan fingerprint density at radius 1 is 1.80 bits per heavy atom. The van der Waals surface area contributed by atoms with Crippen LogP contribution in [0.5, 0.6) is 0 Å².